The number of ether oxygens (including phenoxy) is 1. The molecule has 2 nitrogen and oxygen atoms in total. The van der Waals surface area contributed by atoms with Crippen LogP contribution in [-0.2, 0) is 6.42 Å². The molecule has 0 saturated heterocycles. The summed E-state index contributed by atoms with van der Waals surface area (Å²) in [6.07, 6.45) is 5.33. The summed E-state index contributed by atoms with van der Waals surface area (Å²) in [5.41, 5.74) is 4.64. The lowest BCUT2D eigenvalue weighted by molar-refractivity contribution is 0.477. The fraction of sp³-hybridized carbons (Fsp3) is 0.0526. The fourth-order valence-electron chi connectivity index (χ4n) is 3.32. The van der Waals surface area contributed by atoms with Crippen LogP contribution in [0.5, 0.6) is 11.5 Å². The average Bonchev–Trinajstić information content (AvgIpc) is 2.54. The molecule has 0 atom stereocenters. The molecule has 3 aromatic carbocycles. The Kier molecular flexibility index (Phi) is 2.03. The first-order valence-corrected chi connectivity index (χ1v) is 7.19. The van der Waals surface area contributed by atoms with Gasteiger partial charge in [-0.3, -0.25) is 0 Å². The van der Waals surface area contributed by atoms with Crippen LogP contribution in [0.1, 0.15) is 11.1 Å². The highest BCUT2D eigenvalue weighted by atomic mass is 16.5. The van der Waals surface area contributed by atoms with Gasteiger partial charge < -0.3 is 10.1 Å². The highest BCUT2D eigenvalue weighted by Gasteiger charge is 2.23. The SMILES string of the molecule is C1=Cc2cccc3cc4c(c(c23)C1)Oc1ccccc1N4. The molecule has 21 heavy (non-hydrogen) atoms. The van der Waals surface area contributed by atoms with Crippen LogP contribution < -0.4 is 10.1 Å². The molecule has 2 heteroatoms. The monoisotopic (exact) mass is 271 g/mol. The third-order valence-corrected chi connectivity index (χ3v) is 4.24. The molecule has 0 bridgehead atoms. The number of benzene rings is 3. The van der Waals surface area contributed by atoms with Gasteiger partial charge in [0.2, 0.25) is 0 Å². The summed E-state index contributed by atoms with van der Waals surface area (Å²) < 4.78 is 6.20. The molecular formula is C19H13NO. The van der Waals surface area contributed by atoms with Crippen molar-refractivity contribution >= 4 is 28.2 Å². The lowest BCUT2D eigenvalue weighted by Crippen LogP contribution is -2.06. The maximum Gasteiger partial charge on any atom is 0.155 e. The Morgan fingerprint density at radius 1 is 0.952 bits per heavy atom. The van der Waals surface area contributed by atoms with Gasteiger partial charge in [0.1, 0.15) is 0 Å². The van der Waals surface area contributed by atoms with E-state index in [0.717, 1.165) is 29.3 Å². The summed E-state index contributed by atoms with van der Waals surface area (Å²) in [5.74, 6) is 1.87. The quantitative estimate of drug-likeness (QED) is 0.471. The third-order valence-electron chi connectivity index (χ3n) is 4.24. The largest absolute Gasteiger partial charge is 0.453 e. The lowest BCUT2D eigenvalue weighted by atomic mass is 9.91. The molecule has 1 aliphatic heterocycles. The highest BCUT2D eigenvalue weighted by Crippen LogP contribution is 2.48. The molecule has 0 spiro atoms. The number of hydrogen-bond donors (Lipinski definition) is 1. The molecule has 3 aromatic rings. The minimum atomic E-state index is 0.896. The van der Waals surface area contributed by atoms with E-state index in [1.807, 2.05) is 24.3 Å². The van der Waals surface area contributed by atoms with Crippen LogP contribution in [0, 0.1) is 0 Å². The van der Waals surface area contributed by atoms with Gasteiger partial charge in [-0.15, -0.1) is 0 Å². The first-order chi connectivity index (χ1) is 10.4. The summed E-state index contributed by atoms with van der Waals surface area (Å²) in [5, 5.41) is 6.09. The Balaban J connectivity index is 1.83. The maximum absolute atomic E-state index is 6.20. The Bertz CT molecular complexity index is 924. The van der Waals surface area contributed by atoms with E-state index in [-0.39, 0.29) is 0 Å². The summed E-state index contributed by atoms with van der Waals surface area (Å²) in [7, 11) is 0. The molecule has 5 rings (SSSR count). The predicted octanol–water partition coefficient (Wildman–Crippen LogP) is 5.26. The van der Waals surface area contributed by atoms with Crippen molar-refractivity contribution in [1.29, 1.82) is 0 Å². The molecule has 0 aromatic heterocycles. The van der Waals surface area contributed by atoms with Crippen molar-refractivity contribution in [2.45, 2.75) is 6.42 Å². The summed E-state index contributed by atoms with van der Waals surface area (Å²) in [6.45, 7) is 0. The summed E-state index contributed by atoms with van der Waals surface area (Å²) in [6, 6.07) is 16.7. The van der Waals surface area contributed by atoms with Gasteiger partial charge in [-0.2, -0.15) is 0 Å². The Hall–Kier alpha value is -2.74. The second-order valence-corrected chi connectivity index (χ2v) is 5.51. The fourth-order valence-corrected chi connectivity index (χ4v) is 3.32. The van der Waals surface area contributed by atoms with E-state index in [1.165, 1.54) is 21.9 Å². The van der Waals surface area contributed by atoms with Gasteiger partial charge in [0.05, 0.1) is 11.4 Å². The molecule has 0 unspecified atom stereocenters. The van der Waals surface area contributed by atoms with Crippen LogP contribution in [0.4, 0.5) is 11.4 Å². The lowest BCUT2D eigenvalue weighted by Gasteiger charge is -2.26. The van der Waals surface area contributed by atoms with E-state index in [9.17, 15) is 0 Å². The number of anilines is 2. The summed E-state index contributed by atoms with van der Waals surface area (Å²) in [4.78, 5) is 0. The van der Waals surface area contributed by atoms with E-state index >= 15 is 0 Å². The van der Waals surface area contributed by atoms with Crippen molar-refractivity contribution in [1.82, 2.24) is 0 Å². The minimum Gasteiger partial charge on any atom is -0.453 e. The standard InChI is InChI=1S/C19H13NO/c1-2-10-17-15(9-1)20-16-11-13-7-3-5-12-6-4-8-14(18(12)13)19(16)21-17/h1-7,9-11,20H,8H2. The van der Waals surface area contributed by atoms with Crippen molar-refractivity contribution < 1.29 is 4.74 Å². The number of allylic oxidation sites excluding steroid dienone is 1. The summed E-state index contributed by atoms with van der Waals surface area (Å²) >= 11 is 0. The van der Waals surface area contributed by atoms with Gasteiger partial charge in [-0.25, -0.2) is 0 Å². The van der Waals surface area contributed by atoms with E-state index < -0.39 is 0 Å². The zero-order valence-electron chi connectivity index (χ0n) is 11.4. The number of hydrogen-bond acceptors (Lipinski definition) is 2. The zero-order valence-corrected chi connectivity index (χ0v) is 11.4. The van der Waals surface area contributed by atoms with Crippen molar-refractivity contribution in [2.75, 3.05) is 5.32 Å². The molecule has 0 amide bonds. The Morgan fingerprint density at radius 2 is 1.90 bits per heavy atom. The Labute approximate surface area is 122 Å². The Morgan fingerprint density at radius 3 is 2.90 bits per heavy atom. The van der Waals surface area contributed by atoms with Crippen molar-refractivity contribution in [3.8, 4) is 11.5 Å². The second kappa shape index (κ2) is 3.89. The van der Waals surface area contributed by atoms with E-state index in [4.69, 9.17) is 4.74 Å². The first kappa shape index (κ1) is 11.0. The molecule has 0 fully saturated rings. The van der Waals surface area contributed by atoms with Crippen molar-refractivity contribution in [3.63, 3.8) is 0 Å². The molecule has 1 N–H and O–H groups in total. The van der Waals surface area contributed by atoms with E-state index in [0.29, 0.717) is 0 Å². The molecule has 1 heterocycles. The molecule has 0 saturated carbocycles. The normalized spacial score (nSPS) is 14.1. The predicted molar refractivity (Wildman–Crippen MR) is 86.5 cm³/mol. The topological polar surface area (TPSA) is 21.3 Å². The van der Waals surface area contributed by atoms with Crippen molar-refractivity contribution in [2.24, 2.45) is 0 Å². The van der Waals surface area contributed by atoms with Gasteiger partial charge in [-0.1, -0.05) is 42.5 Å². The van der Waals surface area contributed by atoms with E-state index in [2.05, 4.69) is 41.7 Å². The van der Waals surface area contributed by atoms with Gasteiger partial charge >= 0.3 is 0 Å². The van der Waals surface area contributed by atoms with Crippen LogP contribution in [0.25, 0.3) is 16.8 Å². The molecular weight excluding hydrogens is 258 g/mol. The van der Waals surface area contributed by atoms with Gasteiger partial charge in [-0.05, 0) is 41.0 Å². The number of para-hydroxylation sites is 2. The average molecular weight is 271 g/mol. The number of rotatable bonds is 0. The number of fused-ring (bicyclic) bond motifs is 3. The van der Waals surface area contributed by atoms with Crippen LogP contribution in [0.2, 0.25) is 0 Å². The third kappa shape index (κ3) is 1.47. The second-order valence-electron chi connectivity index (χ2n) is 5.51. The van der Waals surface area contributed by atoms with Crippen LogP contribution >= 0.6 is 0 Å². The highest BCUT2D eigenvalue weighted by molar-refractivity contribution is 6.01. The molecule has 0 radical (unpaired) electrons. The smallest absolute Gasteiger partial charge is 0.155 e. The first-order valence-electron chi connectivity index (χ1n) is 7.19. The zero-order chi connectivity index (χ0) is 13.8. The minimum absolute atomic E-state index is 0.896. The van der Waals surface area contributed by atoms with Crippen LogP contribution in [-0.4, -0.2) is 0 Å². The van der Waals surface area contributed by atoms with Crippen LogP contribution in [0.15, 0.2) is 54.6 Å². The van der Waals surface area contributed by atoms with E-state index in [1.54, 1.807) is 0 Å². The number of nitrogens with one attached hydrogen (secondary N) is 1. The van der Waals surface area contributed by atoms with Gasteiger partial charge in [0.15, 0.2) is 11.5 Å². The molecule has 100 valence electrons. The van der Waals surface area contributed by atoms with Crippen LogP contribution in [0.3, 0.4) is 0 Å². The van der Waals surface area contributed by atoms with Gasteiger partial charge in [0.25, 0.3) is 0 Å². The van der Waals surface area contributed by atoms with Gasteiger partial charge in [0, 0.05) is 5.56 Å². The molecule has 2 aliphatic rings. The molecule has 1 aliphatic carbocycles. The van der Waals surface area contributed by atoms with Crippen molar-refractivity contribution in [3.05, 3.63) is 65.7 Å². The maximum atomic E-state index is 6.20.